The van der Waals surface area contributed by atoms with E-state index < -0.39 is 24.1 Å². The highest BCUT2D eigenvalue weighted by Crippen LogP contribution is 2.37. The molecule has 0 spiro atoms. The minimum Gasteiger partial charge on any atom is -0.481 e. The van der Waals surface area contributed by atoms with Crippen LogP contribution in [-0.4, -0.2) is 93.7 Å². The van der Waals surface area contributed by atoms with E-state index >= 15 is 0 Å². The van der Waals surface area contributed by atoms with Gasteiger partial charge in [-0.3, -0.25) is 14.4 Å². The van der Waals surface area contributed by atoms with Gasteiger partial charge in [0.1, 0.15) is 6.04 Å². The third-order valence-electron chi connectivity index (χ3n) is 8.21. The van der Waals surface area contributed by atoms with Crippen LogP contribution >= 0.6 is 23.5 Å². The van der Waals surface area contributed by atoms with E-state index in [2.05, 4.69) is 61.9 Å². The lowest BCUT2D eigenvalue weighted by Crippen LogP contribution is -2.47. The number of unbranched alkanes of at least 4 members (excludes halogenated alkanes) is 2. The smallest absolute Gasteiger partial charge is 0.418 e. The summed E-state index contributed by atoms with van der Waals surface area (Å²) in [7, 11) is 0. The molecule has 2 aliphatic rings. The largest absolute Gasteiger partial charge is 0.481 e. The molecule has 0 radical (unpaired) electrons. The van der Waals surface area contributed by atoms with Gasteiger partial charge in [0.25, 0.3) is 0 Å². The standard InChI is InChI=1S/C35H56N4O7S2/c1-24(2)12-10-13-25(3)14-11-15-26(4)18-21-47-22-28(37-27(5)40)33(43)36-19-8-9-20-46-35(45)39-29-23-48-30(32(29)38-34(39)44)16-6-7-17-31(41)42/h12,14,18,28-30,32H,6-11,13,15-17,19-23H2,1-5H3,(H,36,43)(H,37,40)(H,38,44)(H,41,42)/t28-,29?,30?,32?/m1/s1. The molecule has 2 heterocycles. The van der Waals surface area contributed by atoms with Gasteiger partial charge in [0.15, 0.2) is 0 Å². The summed E-state index contributed by atoms with van der Waals surface area (Å²) in [5.74, 6) is 0.502. The molecule has 13 heteroatoms. The second-order valence-electron chi connectivity index (χ2n) is 12.8. The molecular formula is C35H56N4O7S2. The summed E-state index contributed by atoms with van der Waals surface area (Å²) in [6.45, 7) is 10.4. The number of fused-ring (bicyclic) bond motifs is 1. The maximum atomic E-state index is 12.8. The summed E-state index contributed by atoms with van der Waals surface area (Å²) >= 11 is 3.28. The van der Waals surface area contributed by atoms with Crippen LogP contribution < -0.4 is 16.0 Å². The van der Waals surface area contributed by atoms with Gasteiger partial charge in [-0.2, -0.15) is 23.5 Å². The van der Waals surface area contributed by atoms with Crippen molar-refractivity contribution in [2.75, 3.05) is 30.4 Å². The van der Waals surface area contributed by atoms with Crippen LogP contribution in [0.25, 0.3) is 0 Å². The molecule has 0 bridgehead atoms. The van der Waals surface area contributed by atoms with E-state index in [1.54, 1.807) is 23.5 Å². The van der Waals surface area contributed by atoms with Crippen LogP contribution in [0.2, 0.25) is 0 Å². The zero-order valence-corrected chi connectivity index (χ0v) is 30.9. The number of aliphatic carboxylic acids is 1. The van der Waals surface area contributed by atoms with Crippen molar-refractivity contribution >= 4 is 53.4 Å². The molecule has 4 atom stereocenters. The zero-order chi connectivity index (χ0) is 35.5. The number of amides is 5. The molecule has 0 saturated carbocycles. The number of nitrogens with zero attached hydrogens (tertiary/aromatic N) is 1. The van der Waals surface area contributed by atoms with E-state index in [-0.39, 0.29) is 42.2 Å². The van der Waals surface area contributed by atoms with Gasteiger partial charge in [-0.1, -0.05) is 41.4 Å². The van der Waals surface area contributed by atoms with E-state index in [1.165, 1.54) is 23.6 Å². The van der Waals surface area contributed by atoms with Gasteiger partial charge in [-0.15, -0.1) is 0 Å². The number of ether oxygens (including phenoxy) is 1. The van der Waals surface area contributed by atoms with Crippen molar-refractivity contribution in [1.82, 2.24) is 20.9 Å². The molecule has 2 saturated heterocycles. The van der Waals surface area contributed by atoms with E-state index in [0.717, 1.165) is 49.2 Å². The first-order valence-electron chi connectivity index (χ1n) is 17.1. The summed E-state index contributed by atoms with van der Waals surface area (Å²) < 4.78 is 5.38. The lowest BCUT2D eigenvalue weighted by atomic mass is 10.0. The maximum Gasteiger partial charge on any atom is 0.418 e. The lowest BCUT2D eigenvalue weighted by Gasteiger charge is -2.20. The highest BCUT2D eigenvalue weighted by atomic mass is 32.2. The summed E-state index contributed by atoms with van der Waals surface area (Å²) in [6, 6.07) is -1.54. The predicted octanol–water partition coefficient (Wildman–Crippen LogP) is 6.20. The first-order valence-corrected chi connectivity index (χ1v) is 19.3. The SMILES string of the molecule is CC(=O)N[C@H](CSCC=C(C)CCC=C(C)CCC=C(C)C)C(=O)NCCCCOC(=O)N1C(=O)NC2C(CCCCC(=O)O)SCC21. The fourth-order valence-electron chi connectivity index (χ4n) is 5.51. The third kappa shape index (κ3) is 16.0. The number of nitrogens with one attached hydrogen (secondary N) is 3. The first-order chi connectivity index (χ1) is 22.9. The summed E-state index contributed by atoms with van der Waals surface area (Å²) in [5, 5.41) is 17.5. The number of rotatable bonds is 22. The molecular weight excluding hydrogens is 653 g/mol. The number of carbonyl (C=O) groups excluding carboxylic acids is 4. The fraction of sp³-hybridized carbons (Fsp3) is 0.686. The Hall–Kier alpha value is -2.93. The molecule has 3 unspecified atom stereocenters. The Balaban J connectivity index is 1.64. The van der Waals surface area contributed by atoms with Crippen LogP contribution in [0.1, 0.15) is 98.8 Å². The summed E-state index contributed by atoms with van der Waals surface area (Å²) in [6.07, 6.45) is 13.6. The third-order valence-corrected chi connectivity index (χ3v) is 10.7. The highest BCUT2D eigenvalue weighted by molar-refractivity contribution is 8.00. The number of hydrogen-bond donors (Lipinski definition) is 4. The van der Waals surface area contributed by atoms with E-state index in [4.69, 9.17) is 9.84 Å². The molecule has 5 amide bonds. The molecule has 2 aliphatic heterocycles. The molecule has 0 aromatic carbocycles. The minimum absolute atomic E-state index is 0.115. The van der Waals surface area contributed by atoms with Crippen LogP contribution in [0, 0.1) is 0 Å². The number of carboxylic acids is 1. The van der Waals surface area contributed by atoms with E-state index in [1.807, 2.05) is 0 Å². The summed E-state index contributed by atoms with van der Waals surface area (Å²) in [5.41, 5.74) is 4.07. The fourth-order valence-corrected chi connectivity index (χ4v) is 8.11. The topological polar surface area (TPSA) is 154 Å². The van der Waals surface area contributed by atoms with Crippen LogP contribution in [0.4, 0.5) is 9.59 Å². The number of imide groups is 1. The van der Waals surface area contributed by atoms with E-state index in [0.29, 0.717) is 37.3 Å². The average Bonchev–Trinajstić information content (AvgIpc) is 3.55. The molecule has 11 nitrogen and oxygen atoms in total. The Morgan fingerprint density at radius 1 is 1.00 bits per heavy atom. The number of urea groups is 1. The Kier molecular flexibility index (Phi) is 19.5. The lowest BCUT2D eigenvalue weighted by molar-refractivity contribution is -0.137. The van der Waals surface area contributed by atoms with Crippen LogP contribution in [0.3, 0.4) is 0 Å². The Morgan fingerprint density at radius 2 is 1.71 bits per heavy atom. The van der Waals surface area contributed by atoms with Gasteiger partial charge in [-0.25, -0.2) is 14.5 Å². The normalized spacial score (nSPS) is 19.7. The number of thioether (sulfide) groups is 2. The molecule has 0 aliphatic carbocycles. The monoisotopic (exact) mass is 708 g/mol. The van der Waals surface area contributed by atoms with Gasteiger partial charge < -0.3 is 25.8 Å². The van der Waals surface area contributed by atoms with Crippen LogP contribution in [-0.2, 0) is 19.1 Å². The van der Waals surface area contributed by atoms with Gasteiger partial charge in [0.2, 0.25) is 11.8 Å². The maximum absolute atomic E-state index is 12.8. The number of carboxylic acid groups (broad SMARTS) is 1. The van der Waals surface area contributed by atoms with Crippen LogP contribution in [0.5, 0.6) is 0 Å². The van der Waals surface area contributed by atoms with Crippen molar-refractivity contribution in [3.8, 4) is 0 Å². The molecule has 0 aromatic rings. The quantitative estimate of drug-likeness (QED) is 0.0585. The van der Waals surface area contributed by atoms with Crippen molar-refractivity contribution in [2.45, 2.75) is 122 Å². The summed E-state index contributed by atoms with van der Waals surface area (Å²) in [4.78, 5) is 61.7. The Labute approximate surface area is 294 Å². The second-order valence-corrected chi connectivity index (χ2v) is 15.1. The average molecular weight is 709 g/mol. The predicted molar refractivity (Wildman–Crippen MR) is 194 cm³/mol. The molecule has 2 fully saturated rings. The van der Waals surface area contributed by atoms with Gasteiger partial charge in [0, 0.05) is 42.4 Å². The van der Waals surface area contributed by atoms with Gasteiger partial charge in [-0.05, 0) is 79.1 Å². The zero-order valence-electron chi connectivity index (χ0n) is 29.3. The van der Waals surface area contributed by atoms with Gasteiger partial charge >= 0.3 is 18.1 Å². The van der Waals surface area contributed by atoms with E-state index in [9.17, 15) is 24.0 Å². The van der Waals surface area contributed by atoms with Crippen LogP contribution in [0.15, 0.2) is 34.9 Å². The molecule has 0 aromatic heterocycles. The molecule has 270 valence electrons. The Bertz CT molecular complexity index is 1190. The molecule has 48 heavy (non-hydrogen) atoms. The second kappa shape index (κ2) is 22.7. The molecule has 2 rings (SSSR count). The molecule has 4 N–H and O–H groups in total. The van der Waals surface area contributed by atoms with Crippen molar-refractivity contribution in [3.05, 3.63) is 34.9 Å². The van der Waals surface area contributed by atoms with Crippen molar-refractivity contribution in [3.63, 3.8) is 0 Å². The van der Waals surface area contributed by atoms with Crippen molar-refractivity contribution < 1.29 is 33.8 Å². The number of allylic oxidation sites excluding steroid dienone is 5. The number of carbonyl (C=O) groups is 5. The Morgan fingerprint density at radius 3 is 2.40 bits per heavy atom. The number of hydrogen-bond acceptors (Lipinski definition) is 8. The van der Waals surface area contributed by atoms with Crippen molar-refractivity contribution in [2.24, 2.45) is 0 Å². The minimum atomic E-state index is -0.814. The van der Waals surface area contributed by atoms with Crippen molar-refractivity contribution in [1.29, 1.82) is 0 Å². The van der Waals surface area contributed by atoms with Gasteiger partial charge in [0.05, 0.1) is 18.7 Å². The first kappa shape index (κ1) is 41.2. The highest BCUT2D eigenvalue weighted by Gasteiger charge is 2.50.